The van der Waals surface area contributed by atoms with Crippen LogP contribution in [0.3, 0.4) is 0 Å². The van der Waals surface area contributed by atoms with E-state index < -0.39 is 10.3 Å². The lowest BCUT2D eigenvalue weighted by Gasteiger charge is -1.97. The predicted molar refractivity (Wildman–Crippen MR) is 87.2 cm³/mol. The molecule has 5 nitrogen and oxygen atoms in total. The van der Waals surface area contributed by atoms with Gasteiger partial charge in [0.1, 0.15) is 0 Å². The molecule has 0 amide bonds. The second-order valence-electron chi connectivity index (χ2n) is 4.99. The third kappa shape index (κ3) is 4.70. The van der Waals surface area contributed by atoms with E-state index in [4.69, 9.17) is 5.73 Å². The number of hydrogen-bond donors (Lipinski definition) is 3. The van der Waals surface area contributed by atoms with E-state index in [1.165, 1.54) is 31.3 Å². The Bertz CT molecular complexity index is 700. The van der Waals surface area contributed by atoms with Crippen LogP contribution in [0.4, 0.5) is 0 Å². The van der Waals surface area contributed by atoms with Crippen molar-refractivity contribution >= 4 is 26.6 Å². The Balaban J connectivity index is 0.000000272. The third-order valence-electron chi connectivity index (χ3n) is 3.39. The van der Waals surface area contributed by atoms with Crippen molar-refractivity contribution in [2.75, 3.05) is 19.6 Å². The van der Waals surface area contributed by atoms with Crippen LogP contribution in [0.15, 0.2) is 24.4 Å². The Labute approximate surface area is 126 Å². The van der Waals surface area contributed by atoms with Crippen LogP contribution in [0.5, 0.6) is 0 Å². The summed E-state index contributed by atoms with van der Waals surface area (Å²) in [5.41, 5.74) is 8.30. The minimum atomic E-state index is -2.17. The Morgan fingerprint density at radius 3 is 2.57 bits per heavy atom. The number of fused-ring (bicyclic) bond motifs is 1. The molecule has 1 aliphatic heterocycles. The molecule has 4 N–H and O–H groups in total. The molecule has 6 heteroatoms. The van der Waals surface area contributed by atoms with E-state index in [2.05, 4.69) is 10.3 Å². The zero-order valence-electron chi connectivity index (χ0n) is 11.9. The summed E-state index contributed by atoms with van der Waals surface area (Å²) in [6.07, 6.45) is 5.47. The second-order valence-corrected chi connectivity index (χ2v) is 5.75. The van der Waals surface area contributed by atoms with Crippen LogP contribution in [-0.2, 0) is 16.7 Å². The van der Waals surface area contributed by atoms with Crippen LogP contribution >= 0.6 is 0 Å². The smallest absolute Gasteiger partial charge is 0.214 e. The fraction of sp³-hybridized carbons (Fsp3) is 0.400. The summed E-state index contributed by atoms with van der Waals surface area (Å²) in [4.78, 5) is 3.13. The van der Waals surface area contributed by atoms with Gasteiger partial charge >= 0.3 is 0 Å². The molecule has 1 aliphatic rings. The molecule has 2 aromatic rings. The van der Waals surface area contributed by atoms with Gasteiger partial charge in [-0.15, -0.1) is 0 Å². The lowest BCUT2D eigenvalue weighted by Crippen LogP contribution is -2.03. The zero-order chi connectivity index (χ0) is 15.1. The van der Waals surface area contributed by atoms with Crippen LogP contribution in [0.1, 0.15) is 24.0 Å². The van der Waals surface area contributed by atoms with Crippen LogP contribution < -0.4 is 11.1 Å². The van der Waals surface area contributed by atoms with Crippen molar-refractivity contribution in [1.82, 2.24) is 10.3 Å². The van der Waals surface area contributed by atoms with Crippen LogP contribution in [-0.4, -0.2) is 38.4 Å². The van der Waals surface area contributed by atoms with Gasteiger partial charge in [-0.1, -0.05) is 6.07 Å². The Morgan fingerprint density at radius 2 is 2.00 bits per heavy atom. The fourth-order valence-corrected chi connectivity index (χ4v) is 2.74. The highest BCUT2D eigenvalue weighted by Gasteiger charge is 2.03. The van der Waals surface area contributed by atoms with Crippen molar-refractivity contribution < 1.29 is 8.42 Å². The summed E-state index contributed by atoms with van der Waals surface area (Å²) in [5, 5.41) is 5.45. The number of benzene rings is 1. The van der Waals surface area contributed by atoms with E-state index in [-0.39, 0.29) is 0 Å². The lowest BCUT2D eigenvalue weighted by atomic mass is 10.1. The fourth-order valence-electron chi connectivity index (χ4n) is 2.37. The summed E-state index contributed by atoms with van der Waals surface area (Å²) < 4.78 is 21.1. The average Bonchev–Trinajstić information content (AvgIpc) is 3.12. The van der Waals surface area contributed by atoms with Crippen molar-refractivity contribution in [1.29, 1.82) is 0 Å². The molecule has 1 saturated heterocycles. The van der Waals surface area contributed by atoms with Crippen molar-refractivity contribution in [2.45, 2.75) is 19.3 Å². The molecule has 0 aliphatic carbocycles. The monoisotopic (exact) mass is 307 g/mol. The van der Waals surface area contributed by atoms with Crippen LogP contribution in [0.2, 0.25) is 0 Å². The standard InChI is InChI=1S/C11H12N2O2S.C4H9N/c12-4-3-9-6-13-11-2-1-8(5-10(9)11)7-16(14)15;1-2-4-5-3-1/h1-2,5-7,13H,3-4,12H2;5H,1-4H2. The molecule has 0 atom stereocenters. The highest BCUT2D eigenvalue weighted by Crippen LogP contribution is 2.19. The number of aromatic amines is 1. The van der Waals surface area contributed by atoms with Crippen molar-refractivity contribution in [3.05, 3.63) is 35.5 Å². The maximum absolute atomic E-state index is 10.6. The molecular weight excluding hydrogens is 286 g/mol. The molecule has 2 heterocycles. The van der Waals surface area contributed by atoms with E-state index in [0.717, 1.165) is 22.9 Å². The molecule has 0 unspecified atom stereocenters. The summed E-state index contributed by atoms with van der Waals surface area (Å²) in [7, 11) is -2.17. The lowest BCUT2D eigenvalue weighted by molar-refractivity contribution is 0.627. The Hall–Kier alpha value is -1.63. The third-order valence-corrected chi connectivity index (χ3v) is 3.86. The normalized spacial score (nSPS) is 13.8. The highest BCUT2D eigenvalue weighted by atomic mass is 32.2. The van der Waals surface area contributed by atoms with Gasteiger partial charge in [-0.2, -0.15) is 8.42 Å². The van der Waals surface area contributed by atoms with E-state index >= 15 is 0 Å². The molecule has 0 bridgehead atoms. The van der Waals surface area contributed by atoms with Gasteiger partial charge in [0.15, 0.2) is 0 Å². The first-order valence-electron chi connectivity index (χ1n) is 7.14. The van der Waals surface area contributed by atoms with E-state index in [1.54, 1.807) is 6.07 Å². The summed E-state index contributed by atoms with van der Waals surface area (Å²) in [5.74, 6) is 0. The van der Waals surface area contributed by atoms with Crippen molar-refractivity contribution in [3.8, 4) is 0 Å². The molecule has 3 rings (SSSR count). The molecule has 1 aromatic heterocycles. The van der Waals surface area contributed by atoms with Crippen molar-refractivity contribution in [3.63, 3.8) is 0 Å². The van der Waals surface area contributed by atoms with Gasteiger partial charge in [0.05, 0.1) is 5.37 Å². The molecule has 1 fully saturated rings. The van der Waals surface area contributed by atoms with Crippen LogP contribution in [0.25, 0.3) is 10.9 Å². The van der Waals surface area contributed by atoms with Gasteiger partial charge in [0.25, 0.3) is 0 Å². The number of aromatic nitrogens is 1. The number of H-pyrrole nitrogens is 1. The number of nitrogens with two attached hydrogens (primary N) is 1. The van der Waals surface area contributed by atoms with E-state index in [1.807, 2.05) is 18.3 Å². The quantitative estimate of drug-likeness (QED) is 0.740. The zero-order valence-corrected chi connectivity index (χ0v) is 12.7. The maximum Gasteiger partial charge on any atom is 0.214 e. The summed E-state index contributed by atoms with van der Waals surface area (Å²) in [6, 6.07) is 5.49. The highest BCUT2D eigenvalue weighted by molar-refractivity contribution is 7.71. The minimum Gasteiger partial charge on any atom is -0.361 e. The molecule has 0 radical (unpaired) electrons. The van der Waals surface area contributed by atoms with Crippen LogP contribution in [0, 0.1) is 0 Å². The Morgan fingerprint density at radius 1 is 1.24 bits per heavy atom. The van der Waals surface area contributed by atoms with Gasteiger partial charge in [0.2, 0.25) is 10.3 Å². The van der Waals surface area contributed by atoms with E-state index in [0.29, 0.717) is 12.1 Å². The van der Waals surface area contributed by atoms with Gasteiger partial charge in [-0.25, -0.2) is 0 Å². The SMILES string of the molecule is C1CCNC1.NCCc1c[nH]c2ccc(C=S(=O)=O)cc12. The van der Waals surface area contributed by atoms with Gasteiger partial charge in [-0.05, 0) is 62.2 Å². The molecular formula is C15H21N3O2S. The Kier molecular flexibility index (Phi) is 5.98. The second kappa shape index (κ2) is 7.97. The van der Waals surface area contributed by atoms with Gasteiger partial charge in [0, 0.05) is 17.1 Å². The first-order valence-corrected chi connectivity index (χ1v) is 8.28. The predicted octanol–water partition coefficient (Wildman–Crippen LogP) is 1.07. The number of nitrogens with one attached hydrogen (secondary N) is 2. The largest absolute Gasteiger partial charge is 0.361 e. The molecule has 114 valence electrons. The molecule has 21 heavy (non-hydrogen) atoms. The first kappa shape index (κ1) is 15.8. The topological polar surface area (TPSA) is 88.0 Å². The number of hydrogen-bond acceptors (Lipinski definition) is 4. The van der Waals surface area contributed by atoms with Gasteiger partial charge in [-0.3, -0.25) is 0 Å². The molecule has 0 spiro atoms. The van der Waals surface area contributed by atoms with Gasteiger partial charge < -0.3 is 16.0 Å². The molecule has 1 aromatic carbocycles. The van der Waals surface area contributed by atoms with E-state index in [9.17, 15) is 8.42 Å². The summed E-state index contributed by atoms with van der Waals surface area (Å²) >= 11 is 0. The first-order chi connectivity index (χ1) is 10.2. The molecule has 0 saturated carbocycles. The summed E-state index contributed by atoms with van der Waals surface area (Å²) in [6.45, 7) is 3.08. The minimum absolute atomic E-state index is 0.578. The average molecular weight is 307 g/mol. The maximum atomic E-state index is 10.6. The van der Waals surface area contributed by atoms with Crippen molar-refractivity contribution in [2.24, 2.45) is 5.73 Å². The number of rotatable bonds is 3.